The second-order valence-corrected chi connectivity index (χ2v) is 2.91. The molecule has 0 saturated heterocycles. The van der Waals surface area contributed by atoms with E-state index in [2.05, 4.69) is 18.1 Å². The fourth-order valence-electron chi connectivity index (χ4n) is 1.17. The SMILES string of the molecule is C=Cc1cccc(CC(=C)OCC)n1. The Morgan fingerprint density at radius 3 is 3.00 bits per heavy atom. The van der Waals surface area contributed by atoms with Gasteiger partial charge in [-0.15, -0.1) is 0 Å². The van der Waals surface area contributed by atoms with Crippen LogP contribution in [-0.2, 0) is 11.2 Å². The molecule has 0 aromatic carbocycles. The summed E-state index contributed by atoms with van der Waals surface area (Å²) < 4.78 is 5.26. The molecular formula is C12H15NO. The zero-order valence-electron chi connectivity index (χ0n) is 8.49. The van der Waals surface area contributed by atoms with Crippen molar-refractivity contribution < 1.29 is 4.74 Å². The van der Waals surface area contributed by atoms with Crippen LogP contribution in [0.2, 0.25) is 0 Å². The first-order valence-corrected chi connectivity index (χ1v) is 4.65. The molecule has 0 amide bonds. The number of pyridine rings is 1. The summed E-state index contributed by atoms with van der Waals surface area (Å²) in [7, 11) is 0. The van der Waals surface area contributed by atoms with Crippen LogP contribution in [0, 0.1) is 0 Å². The highest BCUT2D eigenvalue weighted by Crippen LogP contribution is 2.06. The standard InChI is InChI=1S/C12H15NO/c1-4-11-7-6-8-12(13-11)9-10(3)14-5-2/h4,6-8H,1,3,5,9H2,2H3. The molecule has 0 atom stereocenters. The van der Waals surface area contributed by atoms with Gasteiger partial charge in [0.1, 0.15) is 0 Å². The van der Waals surface area contributed by atoms with Gasteiger partial charge in [-0.3, -0.25) is 4.98 Å². The van der Waals surface area contributed by atoms with Crippen LogP contribution in [0.25, 0.3) is 6.08 Å². The highest BCUT2D eigenvalue weighted by Gasteiger charge is 1.99. The Kier molecular flexibility index (Phi) is 3.92. The van der Waals surface area contributed by atoms with Gasteiger partial charge in [-0.25, -0.2) is 0 Å². The van der Waals surface area contributed by atoms with Crippen LogP contribution in [0.5, 0.6) is 0 Å². The van der Waals surface area contributed by atoms with Crippen molar-refractivity contribution in [2.45, 2.75) is 13.3 Å². The van der Waals surface area contributed by atoms with Gasteiger partial charge in [-0.1, -0.05) is 19.2 Å². The van der Waals surface area contributed by atoms with Gasteiger partial charge in [0.25, 0.3) is 0 Å². The molecule has 0 unspecified atom stereocenters. The highest BCUT2D eigenvalue weighted by molar-refractivity contribution is 5.41. The molecule has 1 heterocycles. The number of aromatic nitrogens is 1. The van der Waals surface area contributed by atoms with Crippen LogP contribution in [0.15, 0.2) is 37.1 Å². The zero-order valence-corrected chi connectivity index (χ0v) is 8.49. The maximum absolute atomic E-state index is 5.26. The minimum atomic E-state index is 0.653. The molecule has 0 aliphatic carbocycles. The third-order valence-electron chi connectivity index (χ3n) is 1.76. The van der Waals surface area contributed by atoms with Crippen LogP contribution >= 0.6 is 0 Å². The maximum atomic E-state index is 5.26. The van der Waals surface area contributed by atoms with E-state index >= 15 is 0 Å². The van der Waals surface area contributed by atoms with E-state index in [1.165, 1.54) is 0 Å². The molecule has 0 fully saturated rings. The van der Waals surface area contributed by atoms with Gasteiger partial charge >= 0.3 is 0 Å². The van der Waals surface area contributed by atoms with E-state index in [1.54, 1.807) is 6.08 Å². The van der Waals surface area contributed by atoms with Crippen LogP contribution < -0.4 is 0 Å². The van der Waals surface area contributed by atoms with Gasteiger partial charge in [0.05, 0.1) is 18.1 Å². The summed E-state index contributed by atoms with van der Waals surface area (Å²) in [5, 5.41) is 0. The average molecular weight is 189 g/mol. The second-order valence-electron chi connectivity index (χ2n) is 2.91. The number of hydrogen-bond acceptors (Lipinski definition) is 2. The molecule has 2 heteroatoms. The Hall–Kier alpha value is -1.57. The Labute approximate surface area is 84.9 Å². The largest absolute Gasteiger partial charge is 0.498 e. The maximum Gasteiger partial charge on any atom is 0.0947 e. The lowest BCUT2D eigenvalue weighted by Gasteiger charge is -2.06. The van der Waals surface area contributed by atoms with Crippen LogP contribution in [-0.4, -0.2) is 11.6 Å². The van der Waals surface area contributed by atoms with E-state index in [0.717, 1.165) is 17.1 Å². The summed E-state index contributed by atoms with van der Waals surface area (Å²) in [6.07, 6.45) is 2.39. The molecule has 0 N–H and O–H groups in total. The lowest BCUT2D eigenvalue weighted by atomic mass is 10.2. The van der Waals surface area contributed by atoms with Crippen LogP contribution in [0.4, 0.5) is 0 Å². The summed E-state index contributed by atoms with van der Waals surface area (Å²) in [4.78, 5) is 4.35. The quantitative estimate of drug-likeness (QED) is 0.664. The first-order chi connectivity index (χ1) is 6.76. The van der Waals surface area contributed by atoms with E-state index in [-0.39, 0.29) is 0 Å². The van der Waals surface area contributed by atoms with E-state index in [9.17, 15) is 0 Å². The normalized spacial score (nSPS) is 9.50. The fraction of sp³-hybridized carbons (Fsp3) is 0.250. The van der Waals surface area contributed by atoms with E-state index in [1.807, 2.05) is 25.1 Å². The summed E-state index contributed by atoms with van der Waals surface area (Å²) in [5.41, 5.74) is 1.84. The molecule has 0 spiro atoms. The zero-order chi connectivity index (χ0) is 10.4. The Morgan fingerprint density at radius 1 is 1.57 bits per heavy atom. The van der Waals surface area contributed by atoms with Crippen molar-refractivity contribution in [3.8, 4) is 0 Å². The Morgan fingerprint density at radius 2 is 2.36 bits per heavy atom. The first kappa shape index (κ1) is 10.5. The minimum absolute atomic E-state index is 0.653. The molecule has 1 rings (SSSR count). The van der Waals surface area contributed by atoms with Crippen LogP contribution in [0.1, 0.15) is 18.3 Å². The number of ether oxygens (including phenoxy) is 1. The first-order valence-electron chi connectivity index (χ1n) is 4.65. The molecule has 0 bridgehead atoms. The van der Waals surface area contributed by atoms with Crippen molar-refractivity contribution in [3.63, 3.8) is 0 Å². The third-order valence-corrected chi connectivity index (χ3v) is 1.76. The number of hydrogen-bond donors (Lipinski definition) is 0. The molecule has 2 nitrogen and oxygen atoms in total. The predicted octanol–water partition coefficient (Wildman–Crippen LogP) is 2.82. The summed E-state index contributed by atoms with van der Waals surface area (Å²) in [5.74, 6) is 0.751. The van der Waals surface area contributed by atoms with E-state index in [0.29, 0.717) is 13.0 Å². The second kappa shape index (κ2) is 5.22. The smallest absolute Gasteiger partial charge is 0.0947 e. The lowest BCUT2D eigenvalue weighted by molar-refractivity contribution is 0.224. The van der Waals surface area contributed by atoms with E-state index in [4.69, 9.17) is 4.74 Å². The Bertz CT molecular complexity index is 331. The molecule has 0 saturated carbocycles. The van der Waals surface area contributed by atoms with E-state index < -0.39 is 0 Å². The van der Waals surface area contributed by atoms with Crippen LogP contribution in [0.3, 0.4) is 0 Å². The van der Waals surface area contributed by atoms with Crippen molar-refractivity contribution in [2.75, 3.05) is 6.61 Å². The molecule has 0 aliphatic heterocycles. The van der Waals surface area contributed by atoms with Gasteiger partial charge in [-0.05, 0) is 25.1 Å². The average Bonchev–Trinajstić information content (AvgIpc) is 2.18. The molecule has 1 aromatic heterocycles. The minimum Gasteiger partial charge on any atom is -0.498 e. The van der Waals surface area contributed by atoms with Crippen molar-refractivity contribution in [2.24, 2.45) is 0 Å². The molecule has 0 radical (unpaired) electrons. The third kappa shape index (κ3) is 3.05. The van der Waals surface area contributed by atoms with Crippen molar-refractivity contribution >= 4 is 6.08 Å². The molecule has 0 aliphatic rings. The lowest BCUT2D eigenvalue weighted by Crippen LogP contribution is -1.97. The van der Waals surface area contributed by atoms with Gasteiger partial charge < -0.3 is 4.74 Å². The van der Waals surface area contributed by atoms with Gasteiger partial charge in [0.15, 0.2) is 0 Å². The van der Waals surface area contributed by atoms with Gasteiger partial charge in [0.2, 0.25) is 0 Å². The number of allylic oxidation sites excluding steroid dienone is 1. The highest BCUT2D eigenvalue weighted by atomic mass is 16.5. The monoisotopic (exact) mass is 189 g/mol. The molecular weight excluding hydrogens is 174 g/mol. The predicted molar refractivity (Wildman–Crippen MR) is 58.8 cm³/mol. The van der Waals surface area contributed by atoms with Crippen molar-refractivity contribution in [1.82, 2.24) is 4.98 Å². The molecule has 74 valence electrons. The summed E-state index contributed by atoms with van der Waals surface area (Å²) in [6, 6.07) is 5.83. The molecule has 14 heavy (non-hydrogen) atoms. The van der Waals surface area contributed by atoms with Crippen molar-refractivity contribution in [1.29, 1.82) is 0 Å². The fourth-order valence-corrected chi connectivity index (χ4v) is 1.17. The Balaban J connectivity index is 2.66. The number of nitrogens with zero attached hydrogens (tertiary/aromatic N) is 1. The van der Waals surface area contributed by atoms with Gasteiger partial charge in [0, 0.05) is 12.1 Å². The topological polar surface area (TPSA) is 22.1 Å². The van der Waals surface area contributed by atoms with Crippen molar-refractivity contribution in [3.05, 3.63) is 48.5 Å². The van der Waals surface area contributed by atoms with Gasteiger partial charge in [-0.2, -0.15) is 0 Å². The summed E-state index contributed by atoms with van der Waals surface area (Å²) >= 11 is 0. The number of rotatable bonds is 5. The molecule has 1 aromatic rings. The summed E-state index contributed by atoms with van der Waals surface area (Å²) in [6.45, 7) is 10.1.